The Labute approximate surface area is 385 Å². The van der Waals surface area contributed by atoms with E-state index in [0.29, 0.717) is 24.8 Å². The Morgan fingerprint density at radius 1 is 0.773 bits per heavy atom. The van der Waals surface area contributed by atoms with Gasteiger partial charge in [0, 0.05) is 26.3 Å². The van der Waals surface area contributed by atoms with Gasteiger partial charge in [0.05, 0.1) is 6.04 Å². The lowest BCUT2D eigenvalue weighted by Crippen LogP contribution is -2.65. The molecular formula is C45H71N7O14. The summed E-state index contributed by atoms with van der Waals surface area (Å²) in [5, 5.41) is 63.5. The highest BCUT2D eigenvalue weighted by Crippen LogP contribution is 2.29. The van der Waals surface area contributed by atoms with Crippen molar-refractivity contribution in [2.45, 2.75) is 173 Å². The number of carbonyl (C=O) groups is 9. The average molecular weight is 934 g/mol. The monoisotopic (exact) mass is 934 g/mol. The quantitative estimate of drug-likeness (QED) is 0.0500. The maximum atomic E-state index is 15.2. The lowest BCUT2D eigenvalue weighted by Gasteiger charge is -2.39. The fourth-order valence-electron chi connectivity index (χ4n) is 7.90. The van der Waals surface area contributed by atoms with E-state index in [4.69, 9.17) is 5.11 Å². The zero-order valence-corrected chi connectivity index (χ0v) is 38.8. The van der Waals surface area contributed by atoms with Gasteiger partial charge in [-0.25, -0.2) is 0 Å². The number of hydrogen-bond donors (Lipinski definition) is 11. The van der Waals surface area contributed by atoms with E-state index in [0.717, 1.165) is 26.2 Å². The lowest BCUT2D eigenvalue weighted by atomic mass is 9.82. The molecule has 11 N–H and O–H groups in total. The molecule has 1 saturated carbocycles. The minimum absolute atomic E-state index is 0.0601. The maximum Gasteiger partial charge on any atom is 0.322 e. The summed E-state index contributed by atoms with van der Waals surface area (Å²) >= 11 is 0. The molecule has 2 rings (SSSR count). The van der Waals surface area contributed by atoms with Gasteiger partial charge in [0.2, 0.25) is 35.4 Å². The van der Waals surface area contributed by atoms with Crippen LogP contribution in [0.15, 0.2) is 30.3 Å². The number of carboxylic acid groups (broad SMARTS) is 2. The number of aliphatic carboxylic acids is 2. The molecule has 1 aliphatic rings. The van der Waals surface area contributed by atoms with Crippen molar-refractivity contribution in [2.24, 2.45) is 11.8 Å². The third kappa shape index (κ3) is 18.3. The van der Waals surface area contributed by atoms with Gasteiger partial charge in [-0.05, 0) is 62.8 Å². The van der Waals surface area contributed by atoms with Crippen LogP contribution in [0.4, 0.5) is 0 Å². The van der Waals surface area contributed by atoms with E-state index >= 15 is 4.79 Å². The number of nitrogens with zero attached hydrogens (tertiary/aromatic N) is 1. The molecule has 0 aromatic heterocycles. The molecule has 0 bridgehead atoms. The van der Waals surface area contributed by atoms with Gasteiger partial charge in [-0.3, -0.25) is 43.2 Å². The van der Waals surface area contributed by atoms with Crippen LogP contribution in [0.1, 0.15) is 124 Å². The van der Waals surface area contributed by atoms with Crippen LogP contribution in [0, 0.1) is 11.8 Å². The van der Waals surface area contributed by atoms with Gasteiger partial charge in [-0.1, -0.05) is 83.7 Å². The highest BCUT2D eigenvalue weighted by atomic mass is 16.5. The van der Waals surface area contributed by atoms with E-state index in [1.807, 2.05) is 0 Å². The van der Waals surface area contributed by atoms with E-state index in [9.17, 15) is 58.8 Å². The van der Waals surface area contributed by atoms with Crippen LogP contribution >= 0.6 is 0 Å². The lowest BCUT2D eigenvalue weighted by molar-refractivity contribution is -0.147. The van der Waals surface area contributed by atoms with E-state index in [1.165, 1.54) is 11.8 Å². The van der Waals surface area contributed by atoms with E-state index in [2.05, 4.69) is 31.9 Å². The first-order chi connectivity index (χ1) is 31.0. The van der Waals surface area contributed by atoms with E-state index in [-0.39, 0.29) is 32.2 Å². The highest BCUT2D eigenvalue weighted by molar-refractivity contribution is 5.98. The first-order valence-corrected chi connectivity index (χ1v) is 22.7. The largest absolute Gasteiger partial charge is 0.481 e. The highest BCUT2D eigenvalue weighted by Gasteiger charge is 2.43. The molecule has 7 amide bonds. The maximum absolute atomic E-state index is 15.2. The Kier molecular flexibility index (Phi) is 23.7. The van der Waals surface area contributed by atoms with Gasteiger partial charge >= 0.3 is 11.9 Å². The zero-order chi connectivity index (χ0) is 49.7. The van der Waals surface area contributed by atoms with Crippen molar-refractivity contribution >= 4 is 53.3 Å². The van der Waals surface area contributed by atoms with Crippen LogP contribution < -0.4 is 31.9 Å². The Bertz CT molecular complexity index is 1810. The fraction of sp³-hybridized carbons (Fsp3) is 0.667. The summed E-state index contributed by atoms with van der Waals surface area (Å²) in [6.07, 6.45) is -1.21. The number of nitrogens with one attached hydrogen (secondary N) is 6. The first kappa shape index (κ1) is 56.5. The molecule has 7 atom stereocenters. The predicted molar refractivity (Wildman–Crippen MR) is 238 cm³/mol. The number of amides is 7. The molecule has 1 aromatic carbocycles. The van der Waals surface area contributed by atoms with Gasteiger partial charge in [0.15, 0.2) is 12.4 Å². The summed E-state index contributed by atoms with van der Waals surface area (Å²) in [6, 6.07) is 2.53. The zero-order valence-electron chi connectivity index (χ0n) is 38.8. The number of rotatable bonds is 28. The Morgan fingerprint density at radius 2 is 1.41 bits per heavy atom. The normalized spacial score (nSPS) is 16.5. The molecule has 66 heavy (non-hydrogen) atoms. The molecule has 0 radical (unpaired) electrons. The number of hydrogen-bond acceptors (Lipinski definition) is 12. The minimum atomic E-state index is -1.98. The predicted octanol–water partition coefficient (Wildman–Crippen LogP) is 0.182. The van der Waals surface area contributed by atoms with Crippen LogP contribution in [-0.4, -0.2) is 138 Å². The average Bonchev–Trinajstić information content (AvgIpc) is 3.26. The molecule has 1 aliphatic carbocycles. The third-order valence-corrected chi connectivity index (χ3v) is 11.6. The molecule has 370 valence electrons. The van der Waals surface area contributed by atoms with Gasteiger partial charge in [0.1, 0.15) is 36.3 Å². The second-order valence-electron chi connectivity index (χ2n) is 17.4. The topological polar surface area (TPSA) is 330 Å². The molecule has 0 saturated heterocycles. The molecule has 21 heteroatoms. The van der Waals surface area contributed by atoms with Crippen LogP contribution in [0.2, 0.25) is 0 Å². The SMILES string of the molecule is CCCC(NC(=O)[C@H](CC)N(Cc1ccccc1)C(=O)C(NC(=O)C(NC(=O)C(C)(CCC(=O)O)NC(=O)C(CCC(O)O)NC(C)=O)C(C)C)C1CCCCC1)C(O)C(=O)NCC(=O)O. The van der Waals surface area contributed by atoms with Gasteiger partial charge in [-0.2, -0.15) is 0 Å². The molecule has 0 spiro atoms. The van der Waals surface area contributed by atoms with Gasteiger partial charge in [-0.15, -0.1) is 0 Å². The number of carboxylic acids is 2. The second kappa shape index (κ2) is 27.7. The Balaban J connectivity index is 2.58. The van der Waals surface area contributed by atoms with Crippen molar-refractivity contribution in [1.82, 2.24) is 36.8 Å². The number of aliphatic hydroxyl groups excluding tert-OH is 2. The van der Waals surface area contributed by atoms with Crippen molar-refractivity contribution in [2.75, 3.05) is 6.54 Å². The Hall–Kier alpha value is -5.67. The second-order valence-corrected chi connectivity index (χ2v) is 17.4. The third-order valence-electron chi connectivity index (χ3n) is 11.6. The molecule has 1 aromatic rings. The van der Waals surface area contributed by atoms with Crippen molar-refractivity contribution in [3.8, 4) is 0 Å². The minimum Gasteiger partial charge on any atom is -0.481 e. The summed E-state index contributed by atoms with van der Waals surface area (Å²) in [6.45, 7) is 8.23. The number of carbonyl (C=O) groups excluding carboxylic acids is 7. The van der Waals surface area contributed by atoms with Crippen molar-refractivity contribution in [3.05, 3.63) is 35.9 Å². The van der Waals surface area contributed by atoms with E-state index < -0.39 is 133 Å². The van der Waals surface area contributed by atoms with Gasteiger partial charge in [0.25, 0.3) is 5.91 Å². The first-order valence-electron chi connectivity index (χ1n) is 22.7. The van der Waals surface area contributed by atoms with E-state index in [1.54, 1.807) is 58.0 Å². The summed E-state index contributed by atoms with van der Waals surface area (Å²) in [7, 11) is 0. The summed E-state index contributed by atoms with van der Waals surface area (Å²) < 4.78 is 0. The molecule has 1 fully saturated rings. The van der Waals surface area contributed by atoms with Crippen LogP contribution in [0.3, 0.4) is 0 Å². The molecule has 0 aliphatic heterocycles. The van der Waals surface area contributed by atoms with Crippen LogP contribution in [-0.2, 0) is 49.7 Å². The number of aliphatic hydroxyl groups is 3. The fourth-order valence-corrected chi connectivity index (χ4v) is 7.90. The molecular weight excluding hydrogens is 863 g/mol. The molecule has 6 unspecified atom stereocenters. The van der Waals surface area contributed by atoms with Crippen molar-refractivity contribution in [1.29, 1.82) is 0 Å². The Morgan fingerprint density at radius 3 is 1.94 bits per heavy atom. The summed E-state index contributed by atoms with van der Waals surface area (Å²) in [4.78, 5) is 120. The van der Waals surface area contributed by atoms with Gasteiger partial charge < -0.3 is 62.3 Å². The van der Waals surface area contributed by atoms with Crippen molar-refractivity contribution in [3.63, 3.8) is 0 Å². The molecule has 0 heterocycles. The summed E-state index contributed by atoms with van der Waals surface area (Å²) in [5.41, 5.74) is -1.34. The van der Waals surface area contributed by atoms with Crippen LogP contribution in [0.25, 0.3) is 0 Å². The standard InChI is InChI=1S/C45H71N7O14/c1-7-15-30(38(60)42(64)46-24-35(58)59)48-40(62)32(8-2)52(25-28-16-11-9-12-17-28)43(65)37(29-18-13-10-14-19-29)49-41(63)36(26(3)4)50-44(66)45(6,23-22-34(56)57)51-39(61)31(47-27(5)53)20-21-33(54)55/h9,11-12,16-17,26,29-33,36-38,54-55,60H,7-8,10,13-15,18-25H2,1-6H3,(H,46,64)(H,47,53)(H,48,62)(H,49,63)(H,50,66)(H,51,61)(H,56,57)(H,58,59)/t30?,31?,32-,36?,37?,38?,45?/m0/s1. The molecule has 21 nitrogen and oxygen atoms in total. The van der Waals surface area contributed by atoms with Crippen LogP contribution in [0.5, 0.6) is 0 Å². The van der Waals surface area contributed by atoms with Crippen molar-refractivity contribution < 1.29 is 68.7 Å². The smallest absolute Gasteiger partial charge is 0.322 e. The number of benzene rings is 1. The summed E-state index contributed by atoms with van der Waals surface area (Å²) in [5.74, 6) is -9.30.